The van der Waals surface area contributed by atoms with Gasteiger partial charge < -0.3 is 5.73 Å². The molecule has 3 N–H and O–H groups in total. The molecule has 1 atom stereocenters. The van der Waals surface area contributed by atoms with E-state index in [9.17, 15) is 0 Å². The lowest BCUT2D eigenvalue weighted by atomic mass is 10.1. The van der Waals surface area contributed by atoms with Crippen LogP contribution in [0.1, 0.15) is 22.3 Å². The molecule has 2 aromatic heterocycles. The zero-order valence-corrected chi connectivity index (χ0v) is 11.2. The van der Waals surface area contributed by atoms with Crippen LogP contribution in [0.25, 0.3) is 10.6 Å². The topological polar surface area (TPSA) is 80.5 Å². The molecule has 19 heavy (non-hydrogen) atoms. The molecule has 1 unspecified atom stereocenters. The van der Waals surface area contributed by atoms with Crippen molar-refractivity contribution < 1.29 is 0 Å². The number of hydrogen-bond acceptors (Lipinski definition) is 5. The van der Waals surface area contributed by atoms with Crippen molar-refractivity contribution >= 4 is 11.3 Å². The van der Waals surface area contributed by atoms with Gasteiger partial charge in [0, 0.05) is 5.69 Å². The molecule has 0 aliphatic carbocycles. The first kappa shape index (κ1) is 12.0. The third-order valence-corrected chi connectivity index (χ3v) is 3.97. The molecule has 0 aliphatic heterocycles. The van der Waals surface area contributed by atoms with Crippen molar-refractivity contribution in [2.75, 3.05) is 0 Å². The van der Waals surface area contributed by atoms with Crippen molar-refractivity contribution in [3.05, 3.63) is 52.8 Å². The van der Waals surface area contributed by atoms with Crippen LogP contribution in [0.3, 0.4) is 0 Å². The minimum atomic E-state index is -0.236. The van der Waals surface area contributed by atoms with E-state index >= 15 is 0 Å². The first-order valence-corrected chi connectivity index (χ1v) is 6.71. The third-order valence-electron chi connectivity index (χ3n) is 2.93. The average Bonchev–Trinajstić information content (AvgIpc) is 3.07. The maximum atomic E-state index is 6.21. The smallest absolute Gasteiger partial charge is 0.151 e. The molecule has 1 aromatic carbocycles. The van der Waals surface area contributed by atoms with E-state index in [1.807, 2.05) is 37.3 Å². The Labute approximate surface area is 114 Å². The number of hydrogen-bond donors (Lipinski definition) is 2. The van der Waals surface area contributed by atoms with Crippen molar-refractivity contribution in [2.24, 2.45) is 5.73 Å². The highest BCUT2D eigenvalue weighted by Gasteiger charge is 2.16. The number of nitrogens with one attached hydrogen (secondary N) is 1. The van der Waals surface area contributed by atoms with Crippen LogP contribution in [0.2, 0.25) is 0 Å². The number of benzene rings is 1. The molecular weight excluding hydrogens is 258 g/mol. The molecule has 96 valence electrons. The lowest BCUT2D eigenvalue weighted by Gasteiger charge is -2.06. The normalized spacial score (nSPS) is 12.5. The number of H-pyrrole nitrogens is 1. The van der Waals surface area contributed by atoms with E-state index in [0.717, 1.165) is 26.8 Å². The van der Waals surface area contributed by atoms with Gasteiger partial charge >= 0.3 is 0 Å². The Morgan fingerprint density at radius 3 is 2.68 bits per heavy atom. The first-order chi connectivity index (χ1) is 9.25. The van der Waals surface area contributed by atoms with E-state index < -0.39 is 0 Å². The van der Waals surface area contributed by atoms with Crippen LogP contribution in [0.15, 0.2) is 36.5 Å². The molecule has 0 bridgehead atoms. The van der Waals surface area contributed by atoms with Crippen LogP contribution in [0.5, 0.6) is 0 Å². The second-order valence-corrected chi connectivity index (χ2v) is 5.25. The van der Waals surface area contributed by atoms with E-state index in [2.05, 4.69) is 20.4 Å². The fourth-order valence-corrected chi connectivity index (χ4v) is 2.78. The summed E-state index contributed by atoms with van der Waals surface area (Å²) in [7, 11) is 0. The Balaban J connectivity index is 1.92. The highest BCUT2D eigenvalue weighted by molar-refractivity contribution is 7.14. The fraction of sp³-hybridized carbons (Fsp3) is 0.154. The minimum absolute atomic E-state index is 0.236. The van der Waals surface area contributed by atoms with Gasteiger partial charge in [0.05, 0.1) is 17.8 Å². The van der Waals surface area contributed by atoms with Gasteiger partial charge in [0.25, 0.3) is 0 Å². The van der Waals surface area contributed by atoms with E-state index in [1.165, 1.54) is 11.3 Å². The van der Waals surface area contributed by atoms with Gasteiger partial charge in [-0.15, -0.1) is 10.2 Å². The Kier molecular flexibility index (Phi) is 3.10. The molecule has 2 heterocycles. The molecule has 0 fully saturated rings. The molecule has 3 aromatic rings. The lowest BCUT2D eigenvalue weighted by Crippen LogP contribution is -2.11. The molecule has 0 spiro atoms. The summed E-state index contributed by atoms with van der Waals surface area (Å²) in [5, 5.41) is 16.9. The van der Waals surface area contributed by atoms with E-state index in [0.29, 0.717) is 0 Å². The molecule has 5 nitrogen and oxygen atoms in total. The van der Waals surface area contributed by atoms with Crippen LogP contribution in [-0.2, 0) is 0 Å². The van der Waals surface area contributed by atoms with Crippen LogP contribution in [-0.4, -0.2) is 20.4 Å². The Bertz CT molecular complexity index is 673. The summed E-state index contributed by atoms with van der Waals surface area (Å²) in [6.07, 6.45) is 1.76. The number of nitrogens with two attached hydrogens (primary N) is 1. The highest BCUT2D eigenvalue weighted by Crippen LogP contribution is 2.29. The number of aryl methyl sites for hydroxylation is 1. The monoisotopic (exact) mass is 271 g/mol. The SMILES string of the molecule is Cc1[nH]ncc1-c1nnc(C(N)c2ccccc2)s1. The number of nitrogens with zero attached hydrogens (tertiary/aromatic N) is 3. The second-order valence-electron chi connectivity index (χ2n) is 4.24. The van der Waals surface area contributed by atoms with Gasteiger partial charge in [0.2, 0.25) is 0 Å². The second kappa shape index (κ2) is 4.91. The maximum absolute atomic E-state index is 6.21. The third kappa shape index (κ3) is 2.27. The predicted octanol–water partition coefficient (Wildman–Crippen LogP) is 2.28. The number of aromatic amines is 1. The summed E-state index contributed by atoms with van der Waals surface area (Å²) in [6, 6.07) is 9.66. The number of aromatic nitrogens is 4. The Hall–Kier alpha value is -2.05. The van der Waals surface area contributed by atoms with Crippen LogP contribution >= 0.6 is 11.3 Å². The number of rotatable bonds is 3. The summed E-state index contributed by atoms with van der Waals surface area (Å²) in [4.78, 5) is 0. The van der Waals surface area contributed by atoms with Crippen molar-refractivity contribution in [1.82, 2.24) is 20.4 Å². The van der Waals surface area contributed by atoms with Gasteiger partial charge in [-0.3, -0.25) is 5.10 Å². The standard InChI is InChI=1S/C13H13N5S/c1-8-10(7-15-16-8)12-17-18-13(19-12)11(14)9-5-3-2-4-6-9/h2-7,11H,14H2,1H3,(H,15,16). The minimum Gasteiger partial charge on any atom is -0.318 e. The summed E-state index contributed by atoms with van der Waals surface area (Å²) in [5.74, 6) is 0. The van der Waals surface area contributed by atoms with Gasteiger partial charge in [-0.1, -0.05) is 41.7 Å². The molecule has 3 rings (SSSR count). The molecule has 0 saturated carbocycles. The van der Waals surface area contributed by atoms with Gasteiger partial charge in [0.1, 0.15) is 5.01 Å². The predicted molar refractivity (Wildman–Crippen MR) is 74.7 cm³/mol. The summed E-state index contributed by atoms with van der Waals surface area (Å²) < 4.78 is 0. The van der Waals surface area contributed by atoms with Crippen molar-refractivity contribution in [2.45, 2.75) is 13.0 Å². The summed E-state index contributed by atoms with van der Waals surface area (Å²) in [5.41, 5.74) is 9.20. The quantitative estimate of drug-likeness (QED) is 0.766. The molecule has 0 saturated heterocycles. The first-order valence-electron chi connectivity index (χ1n) is 5.90. The molecule has 6 heteroatoms. The Morgan fingerprint density at radius 2 is 2.00 bits per heavy atom. The van der Waals surface area contributed by atoms with Crippen LogP contribution in [0, 0.1) is 6.92 Å². The van der Waals surface area contributed by atoms with Gasteiger partial charge in [-0.05, 0) is 12.5 Å². The molecule has 0 radical (unpaired) electrons. The fourth-order valence-electron chi connectivity index (χ4n) is 1.84. The maximum Gasteiger partial charge on any atom is 0.151 e. The van der Waals surface area contributed by atoms with E-state index in [-0.39, 0.29) is 6.04 Å². The van der Waals surface area contributed by atoms with Gasteiger partial charge in [0.15, 0.2) is 5.01 Å². The van der Waals surface area contributed by atoms with Gasteiger partial charge in [-0.25, -0.2) is 0 Å². The van der Waals surface area contributed by atoms with E-state index in [4.69, 9.17) is 5.73 Å². The van der Waals surface area contributed by atoms with Crippen molar-refractivity contribution in [1.29, 1.82) is 0 Å². The highest BCUT2D eigenvalue weighted by atomic mass is 32.1. The Morgan fingerprint density at radius 1 is 1.21 bits per heavy atom. The lowest BCUT2D eigenvalue weighted by molar-refractivity contribution is 0.831. The van der Waals surface area contributed by atoms with Crippen molar-refractivity contribution in [3.63, 3.8) is 0 Å². The zero-order chi connectivity index (χ0) is 13.2. The van der Waals surface area contributed by atoms with Crippen molar-refractivity contribution in [3.8, 4) is 10.6 Å². The largest absolute Gasteiger partial charge is 0.318 e. The molecule has 0 amide bonds. The average molecular weight is 271 g/mol. The van der Waals surface area contributed by atoms with E-state index in [1.54, 1.807) is 6.20 Å². The zero-order valence-electron chi connectivity index (χ0n) is 10.4. The van der Waals surface area contributed by atoms with Crippen LogP contribution < -0.4 is 5.73 Å². The van der Waals surface area contributed by atoms with Crippen LogP contribution in [0.4, 0.5) is 0 Å². The van der Waals surface area contributed by atoms with Gasteiger partial charge in [-0.2, -0.15) is 5.10 Å². The molecular formula is C13H13N5S. The molecule has 0 aliphatic rings. The summed E-state index contributed by atoms with van der Waals surface area (Å²) in [6.45, 7) is 1.96. The summed E-state index contributed by atoms with van der Waals surface area (Å²) >= 11 is 1.50.